The third-order valence-electron chi connectivity index (χ3n) is 4.38. The third-order valence-corrected chi connectivity index (χ3v) is 5.31. The number of amides is 1. The highest BCUT2D eigenvalue weighted by atomic mass is 32.2. The Morgan fingerprint density at radius 3 is 2.59 bits per heavy atom. The van der Waals surface area contributed by atoms with E-state index in [1.807, 2.05) is 34.9 Å². The van der Waals surface area contributed by atoms with E-state index in [0.29, 0.717) is 16.6 Å². The molecular weight excluding hydrogens is 363 g/mol. The number of halogens is 1. The van der Waals surface area contributed by atoms with Crippen LogP contribution in [0.3, 0.4) is 0 Å². The fourth-order valence-electron chi connectivity index (χ4n) is 2.82. The second-order valence-corrected chi connectivity index (χ2v) is 7.39. The molecule has 1 fully saturated rings. The van der Waals surface area contributed by atoms with Crippen LogP contribution >= 0.6 is 11.8 Å². The van der Waals surface area contributed by atoms with E-state index < -0.39 is 0 Å². The molecule has 0 aliphatic heterocycles. The average Bonchev–Trinajstić information content (AvgIpc) is 3.45. The number of nitrogens with zero attached hydrogens (tertiary/aromatic N) is 3. The van der Waals surface area contributed by atoms with Crippen LogP contribution < -0.4 is 5.32 Å². The average molecular weight is 382 g/mol. The standard InChI is InChI=1S/C20H19FN4OS/c21-17-9-5-4-6-15(17)12-22-18(26)13-27-20-24-23-19(14-10-11-14)25(20)16-7-2-1-3-8-16/h1-9,14H,10-13H2,(H,22,26). The zero-order valence-electron chi connectivity index (χ0n) is 14.6. The second kappa shape index (κ2) is 7.92. The molecule has 1 aromatic heterocycles. The number of aromatic nitrogens is 3. The first-order valence-corrected chi connectivity index (χ1v) is 9.84. The first-order valence-electron chi connectivity index (χ1n) is 8.86. The first kappa shape index (κ1) is 17.7. The van der Waals surface area contributed by atoms with E-state index in [1.54, 1.807) is 18.2 Å². The Bertz CT molecular complexity index is 940. The molecule has 2 aromatic carbocycles. The van der Waals surface area contributed by atoms with Crippen molar-refractivity contribution in [2.45, 2.75) is 30.5 Å². The van der Waals surface area contributed by atoms with Crippen molar-refractivity contribution in [1.82, 2.24) is 20.1 Å². The Labute approximate surface area is 161 Å². The summed E-state index contributed by atoms with van der Waals surface area (Å²) in [6, 6.07) is 16.4. The van der Waals surface area contributed by atoms with Crippen molar-refractivity contribution in [1.29, 1.82) is 0 Å². The van der Waals surface area contributed by atoms with Crippen LogP contribution in [0.1, 0.15) is 30.1 Å². The summed E-state index contributed by atoms with van der Waals surface area (Å²) in [5.41, 5.74) is 1.47. The molecule has 0 spiro atoms. The molecule has 0 radical (unpaired) electrons. The summed E-state index contributed by atoms with van der Waals surface area (Å²) < 4.78 is 15.7. The number of para-hydroxylation sites is 1. The molecule has 1 aliphatic carbocycles. The lowest BCUT2D eigenvalue weighted by Crippen LogP contribution is -2.25. The van der Waals surface area contributed by atoms with Crippen molar-refractivity contribution in [2.75, 3.05) is 5.75 Å². The minimum Gasteiger partial charge on any atom is -0.351 e. The number of carbonyl (C=O) groups excluding carboxylic acids is 1. The second-order valence-electron chi connectivity index (χ2n) is 6.44. The number of carbonyl (C=O) groups is 1. The maximum Gasteiger partial charge on any atom is 0.230 e. The summed E-state index contributed by atoms with van der Waals surface area (Å²) in [6.07, 6.45) is 2.25. The molecule has 27 heavy (non-hydrogen) atoms. The predicted octanol–water partition coefficient (Wildman–Crippen LogP) is 3.69. The van der Waals surface area contributed by atoms with Gasteiger partial charge in [0.2, 0.25) is 5.91 Å². The van der Waals surface area contributed by atoms with Crippen molar-refractivity contribution < 1.29 is 9.18 Å². The van der Waals surface area contributed by atoms with Crippen molar-refractivity contribution in [2.24, 2.45) is 0 Å². The van der Waals surface area contributed by atoms with Crippen LogP contribution in [0.5, 0.6) is 0 Å². The van der Waals surface area contributed by atoms with Gasteiger partial charge in [-0.15, -0.1) is 10.2 Å². The summed E-state index contributed by atoms with van der Waals surface area (Å²) in [7, 11) is 0. The van der Waals surface area contributed by atoms with Gasteiger partial charge in [-0.2, -0.15) is 0 Å². The topological polar surface area (TPSA) is 59.8 Å². The van der Waals surface area contributed by atoms with E-state index in [-0.39, 0.29) is 24.0 Å². The smallest absolute Gasteiger partial charge is 0.230 e. The largest absolute Gasteiger partial charge is 0.351 e. The van der Waals surface area contributed by atoms with Crippen LogP contribution in [-0.2, 0) is 11.3 Å². The van der Waals surface area contributed by atoms with Crippen LogP contribution in [0.25, 0.3) is 5.69 Å². The number of rotatable bonds is 7. The summed E-state index contributed by atoms with van der Waals surface area (Å²) in [5.74, 6) is 1.11. The van der Waals surface area contributed by atoms with E-state index in [0.717, 1.165) is 24.4 Å². The zero-order chi connectivity index (χ0) is 18.6. The molecule has 7 heteroatoms. The van der Waals surface area contributed by atoms with Gasteiger partial charge < -0.3 is 5.32 Å². The SMILES string of the molecule is O=C(CSc1nnc(C2CC2)n1-c1ccccc1)NCc1ccccc1F. The van der Waals surface area contributed by atoms with Crippen LogP contribution in [0.4, 0.5) is 4.39 Å². The fourth-order valence-corrected chi connectivity index (χ4v) is 3.61. The Hall–Kier alpha value is -2.67. The summed E-state index contributed by atoms with van der Waals surface area (Å²) in [4.78, 5) is 12.2. The molecule has 4 rings (SSSR count). The van der Waals surface area contributed by atoms with Crippen LogP contribution in [0.2, 0.25) is 0 Å². The predicted molar refractivity (Wildman–Crippen MR) is 102 cm³/mol. The van der Waals surface area contributed by atoms with Gasteiger partial charge in [0, 0.05) is 23.7 Å². The molecule has 138 valence electrons. The molecule has 0 unspecified atom stereocenters. The quantitative estimate of drug-likeness (QED) is 0.633. The normalized spacial score (nSPS) is 13.5. The van der Waals surface area contributed by atoms with E-state index in [1.165, 1.54) is 17.8 Å². The fraction of sp³-hybridized carbons (Fsp3) is 0.250. The Morgan fingerprint density at radius 1 is 1.11 bits per heavy atom. The minimum absolute atomic E-state index is 0.168. The molecule has 5 nitrogen and oxygen atoms in total. The Balaban J connectivity index is 1.42. The van der Waals surface area contributed by atoms with Crippen molar-refractivity contribution >= 4 is 17.7 Å². The molecule has 0 atom stereocenters. The van der Waals surface area contributed by atoms with Crippen molar-refractivity contribution in [3.63, 3.8) is 0 Å². The summed E-state index contributed by atoms with van der Waals surface area (Å²) >= 11 is 1.34. The lowest BCUT2D eigenvalue weighted by atomic mass is 10.2. The van der Waals surface area contributed by atoms with Gasteiger partial charge in [-0.25, -0.2) is 4.39 Å². The maximum atomic E-state index is 13.6. The molecule has 1 aliphatic rings. The van der Waals surface area contributed by atoms with Gasteiger partial charge in [0.25, 0.3) is 0 Å². The molecule has 1 heterocycles. The summed E-state index contributed by atoms with van der Waals surface area (Å²) in [5, 5.41) is 12.1. The van der Waals surface area contributed by atoms with E-state index in [4.69, 9.17) is 0 Å². The molecule has 1 amide bonds. The number of nitrogens with one attached hydrogen (secondary N) is 1. The van der Waals surface area contributed by atoms with Crippen LogP contribution in [-0.4, -0.2) is 26.4 Å². The minimum atomic E-state index is -0.316. The monoisotopic (exact) mass is 382 g/mol. The number of thioether (sulfide) groups is 1. The van der Waals surface area contributed by atoms with E-state index >= 15 is 0 Å². The zero-order valence-corrected chi connectivity index (χ0v) is 15.5. The lowest BCUT2D eigenvalue weighted by Gasteiger charge is -2.10. The van der Waals surface area contributed by atoms with Gasteiger partial charge in [-0.05, 0) is 31.0 Å². The van der Waals surface area contributed by atoms with Crippen LogP contribution in [0, 0.1) is 5.82 Å². The van der Waals surface area contributed by atoms with Crippen molar-refractivity contribution in [3.05, 3.63) is 71.8 Å². The highest BCUT2D eigenvalue weighted by molar-refractivity contribution is 7.99. The summed E-state index contributed by atoms with van der Waals surface area (Å²) in [6.45, 7) is 0.171. The number of hydrogen-bond donors (Lipinski definition) is 1. The molecule has 1 saturated carbocycles. The van der Waals surface area contributed by atoms with E-state index in [2.05, 4.69) is 15.5 Å². The van der Waals surface area contributed by atoms with Gasteiger partial charge in [0.1, 0.15) is 11.6 Å². The number of hydrogen-bond acceptors (Lipinski definition) is 4. The molecule has 3 aromatic rings. The van der Waals surface area contributed by atoms with Gasteiger partial charge in [0.15, 0.2) is 5.16 Å². The van der Waals surface area contributed by atoms with Gasteiger partial charge in [0.05, 0.1) is 5.75 Å². The Kier molecular flexibility index (Phi) is 5.20. The van der Waals surface area contributed by atoms with Gasteiger partial charge in [-0.1, -0.05) is 48.2 Å². The molecule has 0 saturated heterocycles. The number of benzene rings is 2. The van der Waals surface area contributed by atoms with Gasteiger partial charge in [-0.3, -0.25) is 9.36 Å². The molecular formula is C20H19FN4OS. The molecule has 0 bridgehead atoms. The van der Waals surface area contributed by atoms with Crippen LogP contribution in [0.15, 0.2) is 59.8 Å². The van der Waals surface area contributed by atoms with Gasteiger partial charge >= 0.3 is 0 Å². The third kappa shape index (κ3) is 4.19. The lowest BCUT2D eigenvalue weighted by molar-refractivity contribution is -0.118. The maximum absolute atomic E-state index is 13.6. The highest BCUT2D eigenvalue weighted by Crippen LogP contribution is 2.41. The van der Waals surface area contributed by atoms with Crippen molar-refractivity contribution in [3.8, 4) is 5.69 Å². The molecule has 1 N–H and O–H groups in total. The highest BCUT2D eigenvalue weighted by Gasteiger charge is 2.31. The first-order chi connectivity index (χ1) is 13.2. The Morgan fingerprint density at radius 2 is 1.85 bits per heavy atom. The van der Waals surface area contributed by atoms with E-state index in [9.17, 15) is 9.18 Å².